The first kappa shape index (κ1) is 26.2. The van der Waals surface area contributed by atoms with E-state index in [0.717, 1.165) is 11.1 Å². The van der Waals surface area contributed by atoms with Gasteiger partial charge in [-0.2, -0.15) is 0 Å². The summed E-state index contributed by atoms with van der Waals surface area (Å²) < 4.78 is 12.1. The maximum atomic E-state index is 12.5. The number of nitrogens with one attached hydrogen (secondary N) is 1. The number of aliphatic imine (C=N–C) groups is 1. The third kappa shape index (κ3) is 6.28. The van der Waals surface area contributed by atoms with Crippen molar-refractivity contribution in [1.29, 1.82) is 0 Å². The van der Waals surface area contributed by atoms with Crippen molar-refractivity contribution in [2.75, 3.05) is 7.11 Å². The standard InChI is InChI=1S/C24H15BrCl4N2O3S/c1-33-19-8-12(7-15(25)22(19)34-11-13-5-6-14(26)10-17(13)28)9-20-23(32)31-24(35-20)30-18-4-2-3-16(27)21(18)29/h2-10H,11H2,1H3,(H,30,31,32)/b20-9-. The number of halogens is 5. The second-order valence-corrected chi connectivity index (χ2v) is 10.6. The van der Waals surface area contributed by atoms with Crippen LogP contribution < -0.4 is 14.8 Å². The van der Waals surface area contributed by atoms with Crippen LogP contribution in [-0.4, -0.2) is 18.2 Å². The van der Waals surface area contributed by atoms with Crippen molar-refractivity contribution in [3.63, 3.8) is 0 Å². The van der Waals surface area contributed by atoms with Gasteiger partial charge in [0.2, 0.25) is 0 Å². The summed E-state index contributed by atoms with van der Waals surface area (Å²) >= 11 is 29.2. The van der Waals surface area contributed by atoms with Gasteiger partial charge in [0.15, 0.2) is 16.7 Å². The fraction of sp³-hybridized carbons (Fsp3) is 0.0833. The number of methoxy groups -OCH3 is 1. The zero-order valence-electron chi connectivity index (χ0n) is 17.9. The monoisotopic (exact) mass is 630 g/mol. The lowest BCUT2D eigenvalue weighted by atomic mass is 10.2. The Balaban J connectivity index is 1.55. The molecule has 3 aromatic rings. The van der Waals surface area contributed by atoms with Crippen LogP contribution in [0.2, 0.25) is 20.1 Å². The highest BCUT2D eigenvalue weighted by Gasteiger charge is 2.25. The molecule has 1 aliphatic rings. The molecule has 1 N–H and O–H groups in total. The fourth-order valence-electron chi connectivity index (χ4n) is 3.07. The minimum Gasteiger partial charge on any atom is -0.493 e. The minimum atomic E-state index is -0.278. The molecule has 180 valence electrons. The van der Waals surface area contributed by atoms with Crippen molar-refractivity contribution in [1.82, 2.24) is 5.32 Å². The third-order valence-electron chi connectivity index (χ3n) is 4.74. The van der Waals surface area contributed by atoms with Gasteiger partial charge in [-0.15, -0.1) is 0 Å². The molecule has 35 heavy (non-hydrogen) atoms. The Bertz CT molecular complexity index is 1380. The number of carbonyl (C=O) groups is 1. The maximum Gasteiger partial charge on any atom is 0.264 e. The number of nitrogens with zero attached hydrogens (tertiary/aromatic N) is 1. The van der Waals surface area contributed by atoms with Gasteiger partial charge in [0.25, 0.3) is 5.91 Å². The predicted octanol–water partition coefficient (Wildman–Crippen LogP) is 8.54. The summed E-state index contributed by atoms with van der Waals surface area (Å²) in [7, 11) is 1.54. The Kier molecular flexibility index (Phi) is 8.58. The molecule has 1 fully saturated rings. The summed E-state index contributed by atoms with van der Waals surface area (Å²) in [5.41, 5.74) is 1.97. The van der Waals surface area contributed by atoms with Crippen molar-refractivity contribution in [2.24, 2.45) is 4.99 Å². The van der Waals surface area contributed by atoms with Crippen LogP contribution in [0.3, 0.4) is 0 Å². The van der Waals surface area contributed by atoms with E-state index < -0.39 is 0 Å². The fourth-order valence-corrected chi connectivity index (χ4v) is 5.28. The second kappa shape index (κ2) is 11.5. The number of ether oxygens (including phenoxy) is 2. The number of carbonyl (C=O) groups excluding carboxylic acids is 1. The van der Waals surface area contributed by atoms with Crippen molar-refractivity contribution >= 4 is 96.9 Å². The highest BCUT2D eigenvalue weighted by Crippen LogP contribution is 2.39. The van der Waals surface area contributed by atoms with Crippen molar-refractivity contribution in [2.45, 2.75) is 6.61 Å². The number of hydrogen-bond acceptors (Lipinski definition) is 5. The van der Waals surface area contributed by atoms with E-state index in [-0.39, 0.29) is 12.5 Å². The van der Waals surface area contributed by atoms with E-state index in [1.165, 1.54) is 18.9 Å². The molecule has 1 heterocycles. The molecule has 0 aliphatic carbocycles. The van der Waals surface area contributed by atoms with Crippen LogP contribution in [0, 0.1) is 0 Å². The van der Waals surface area contributed by atoms with Gasteiger partial charge in [0.05, 0.1) is 32.2 Å². The van der Waals surface area contributed by atoms with Gasteiger partial charge in [-0.05, 0) is 75.7 Å². The van der Waals surface area contributed by atoms with Crippen LogP contribution in [0.15, 0.2) is 62.9 Å². The Morgan fingerprint density at radius 2 is 1.89 bits per heavy atom. The molecular formula is C24H15BrCl4N2O3S. The topological polar surface area (TPSA) is 59.9 Å². The molecule has 3 aromatic carbocycles. The molecule has 1 saturated heterocycles. The number of amides is 1. The van der Waals surface area contributed by atoms with E-state index in [4.69, 9.17) is 55.9 Å². The summed E-state index contributed by atoms with van der Waals surface area (Å²) in [6, 6.07) is 13.9. The average molecular weight is 633 g/mol. The Labute approximate surface area is 234 Å². The quantitative estimate of drug-likeness (QED) is 0.277. The van der Waals surface area contributed by atoms with E-state index in [0.29, 0.717) is 51.8 Å². The molecule has 0 aromatic heterocycles. The summed E-state index contributed by atoms with van der Waals surface area (Å²) in [6.07, 6.45) is 1.73. The molecule has 4 rings (SSSR count). The van der Waals surface area contributed by atoms with Crippen LogP contribution in [0.4, 0.5) is 5.69 Å². The number of amidine groups is 1. The molecule has 11 heteroatoms. The number of hydrogen-bond donors (Lipinski definition) is 1. The summed E-state index contributed by atoms with van der Waals surface area (Å²) in [5, 5.41) is 4.90. The average Bonchev–Trinajstić information content (AvgIpc) is 3.15. The van der Waals surface area contributed by atoms with Crippen molar-refractivity contribution in [3.05, 3.63) is 89.1 Å². The molecule has 0 spiro atoms. The number of thioether (sulfide) groups is 1. The van der Waals surface area contributed by atoms with E-state index in [1.807, 2.05) is 6.07 Å². The Hall–Kier alpha value is -1.87. The Morgan fingerprint density at radius 3 is 2.63 bits per heavy atom. The first-order valence-electron chi connectivity index (χ1n) is 9.93. The zero-order chi connectivity index (χ0) is 25.1. The first-order chi connectivity index (χ1) is 16.7. The largest absolute Gasteiger partial charge is 0.493 e. The lowest BCUT2D eigenvalue weighted by Gasteiger charge is -2.14. The molecule has 0 unspecified atom stereocenters. The van der Waals surface area contributed by atoms with Crippen LogP contribution >= 0.6 is 74.1 Å². The van der Waals surface area contributed by atoms with E-state index in [1.54, 1.807) is 48.5 Å². The lowest BCUT2D eigenvalue weighted by Crippen LogP contribution is -2.19. The number of rotatable bonds is 6. The third-order valence-corrected chi connectivity index (χ3v) is 7.64. The predicted molar refractivity (Wildman–Crippen MR) is 149 cm³/mol. The van der Waals surface area contributed by atoms with E-state index in [9.17, 15) is 4.79 Å². The van der Waals surface area contributed by atoms with Crippen LogP contribution in [0.1, 0.15) is 11.1 Å². The highest BCUT2D eigenvalue weighted by atomic mass is 79.9. The molecule has 0 radical (unpaired) electrons. The maximum absolute atomic E-state index is 12.5. The van der Waals surface area contributed by atoms with Gasteiger partial charge in [-0.25, -0.2) is 4.99 Å². The molecule has 0 bridgehead atoms. The van der Waals surface area contributed by atoms with Gasteiger partial charge in [0.1, 0.15) is 6.61 Å². The smallest absolute Gasteiger partial charge is 0.264 e. The molecule has 1 aliphatic heterocycles. The van der Waals surface area contributed by atoms with Crippen molar-refractivity contribution in [3.8, 4) is 11.5 Å². The SMILES string of the molecule is COc1cc(/C=C2\SC(=Nc3cccc(Cl)c3Cl)NC2=O)cc(Br)c1OCc1ccc(Cl)cc1Cl. The van der Waals surface area contributed by atoms with Crippen LogP contribution in [-0.2, 0) is 11.4 Å². The minimum absolute atomic E-state index is 0.218. The second-order valence-electron chi connectivity index (χ2n) is 7.11. The van der Waals surface area contributed by atoms with Gasteiger partial charge >= 0.3 is 0 Å². The lowest BCUT2D eigenvalue weighted by molar-refractivity contribution is -0.115. The molecule has 0 saturated carbocycles. The van der Waals surface area contributed by atoms with Gasteiger partial charge in [-0.1, -0.05) is 58.5 Å². The van der Waals surface area contributed by atoms with Crippen LogP contribution in [0.5, 0.6) is 11.5 Å². The summed E-state index contributed by atoms with van der Waals surface area (Å²) in [6.45, 7) is 0.218. The molecule has 5 nitrogen and oxygen atoms in total. The normalized spacial score (nSPS) is 15.5. The van der Waals surface area contributed by atoms with Gasteiger partial charge in [0, 0.05) is 15.6 Å². The van der Waals surface area contributed by atoms with Gasteiger partial charge in [-0.3, -0.25) is 4.79 Å². The van der Waals surface area contributed by atoms with Crippen LogP contribution in [0.25, 0.3) is 6.08 Å². The zero-order valence-corrected chi connectivity index (χ0v) is 23.3. The molecule has 1 amide bonds. The first-order valence-corrected chi connectivity index (χ1v) is 13.0. The van der Waals surface area contributed by atoms with E-state index >= 15 is 0 Å². The van der Waals surface area contributed by atoms with Gasteiger partial charge < -0.3 is 14.8 Å². The van der Waals surface area contributed by atoms with Crippen molar-refractivity contribution < 1.29 is 14.3 Å². The summed E-state index contributed by atoms with van der Waals surface area (Å²) in [5.74, 6) is 0.709. The summed E-state index contributed by atoms with van der Waals surface area (Å²) in [4.78, 5) is 17.4. The molecule has 0 atom stereocenters. The molecular weight excluding hydrogens is 618 g/mol. The van der Waals surface area contributed by atoms with E-state index in [2.05, 4.69) is 26.2 Å². The Morgan fingerprint density at radius 1 is 1.09 bits per heavy atom. The highest BCUT2D eigenvalue weighted by molar-refractivity contribution is 9.10. The number of benzene rings is 3.